The van der Waals surface area contributed by atoms with Crippen molar-refractivity contribution in [1.82, 2.24) is 0 Å². The molecule has 4 aromatic carbocycles. The predicted molar refractivity (Wildman–Crippen MR) is 169 cm³/mol. The minimum atomic E-state index is -3.89. The second kappa shape index (κ2) is 13.2. The van der Waals surface area contributed by atoms with Gasteiger partial charge in [0, 0.05) is 42.8 Å². The van der Waals surface area contributed by atoms with Gasteiger partial charge in [-0.3, -0.25) is 0 Å². The van der Waals surface area contributed by atoms with Crippen LogP contribution in [0, 0.1) is 0 Å². The summed E-state index contributed by atoms with van der Waals surface area (Å²) in [7, 11) is -6.16. The maximum atomic E-state index is 15.6. The van der Waals surface area contributed by atoms with Crippen molar-refractivity contribution in [2.75, 3.05) is 23.3 Å². The summed E-state index contributed by atoms with van der Waals surface area (Å²) in [6, 6.07) is 38.8. The SMILES string of the molecule is O=S(=O)(S(CCCl)(Sc1ccccc1)c1ccccc1)S(CCCl)(Sc1ccccc1)c1ccccc1. The van der Waals surface area contributed by atoms with Gasteiger partial charge in [0.2, 0.25) is 7.90 Å². The minimum absolute atomic E-state index is 0.227. The number of hydrogen-bond acceptors (Lipinski definition) is 4. The Morgan fingerprint density at radius 2 is 0.784 bits per heavy atom. The minimum Gasteiger partial charge on any atom is -0.207 e. The van der Waals surface area contributed by atoms with Crippen molar-refractivity contribution >= 4 is 68.9 Å². The van der Waals surface area contributed by atoms with Crippen LogP contribution in [0.25, 0.3) is 0 Å². The number of hydrogen-bond donors (Lipinski definition) is 0. The van der Waals surface area contributed by atoms with Gasteiger partial charge in [0.15, 0.2) is 0 Å². The molecule has 2 nitrogen and oxygen atoms in total. The number of rotatable bonds is 12. The van der Waals surface area contributed by atoms with Gasteiger partial charge in [-0.15, -0.1) is 23.2 Å². The van der Waals surface area contributed by atoms with E-state index in [2.05, 4.69) is 0 Å². The molecule has 0 amide bonds. The van der Waals surface area contributed by atoms with Gasteiger partial charge < -0.3 is 0 Å². The molecule has 0 saturated carbocycles. The van der Waals surface area contributed by atoms with Crippen LogP contribution in [-0.2, 0) is 7.90 Å². The van der Waals surface area contributed by atoms with E-state index in [-0.39, 0.29) is 11.8 Å². The van der Waals surface area contributed by atoms with Gasteiger partial charge in [0.05, 0.1) is 0 Å². The third-order valence-corrected chi connectivity index (χ3v) is 33.8. The summed E-state index contributed by atoms with van der Waals surface area (Å²) in [6.07, 6.45) is 0. The van der Waals surface area contributed by atoms with Gasteiger partial charge in [-0.1, -0.05) is 94.4 Å². The van der Waals surface area contributed by atoms with Crippen LogP contribution < -0.4 is 0 Å². The largest absolute Gasteiger partial charge is 0.244 e. The van der Waals surface area contributed by atoms with Gasteiger partial charge in [0.1, 0.15) is 0 Å². The lowest BCUT2D eigenvalue weighted by Gasteiger charge is -2.48. The summed E-state index contributed by atoms with van der Waals surface area (Å²) in [5, 5.41) is 0. The van der Waals surface area contributed by atoms with Gasteiger partial charge in [-0.2, -0.15) is 0 Å². The summed E-state index contributed by atoms with van der Waals surface area (Å²) in [4.78, 5) is 3.43. The van der Waals surface area contributed by atoms with Crippen molar-refractivity contribution in [2.24, 2.45) is 0 Å². The van der Waals surface area contributed by atoms with E-state index in [0.717, 1.165) is 19.6 Å². The van der Waals surface area contributed by atoms with Crippen LogP contribution in [0.15, 0.2) is 141 Å². The molecule has 2 atom stereocenters. The van der Waals surface area contributed by atoms with E-state index in [1.807, 2.05) is 121 Å². The normalized spacial score (nSPS) is 16.7. The molecule has 4 rings (SSSR count). The highest BCUT2D eigenvalue weighted by atomic mass is 35.5. The molecular formula is C28H28Cl2O2S5. The van der Waals surface area contributed by atoms with Crippen LogP contribution >= 0.6 is 61.0 Å². The fourth-order valence-electron chi connectivity index (χ4n) is 3.84. The molecule has 0 N–H and O–H groups in total. The molecule has 0 fully saturated rings. The van der Waals surface area contributed by atoms with E-state index in [1.54, 1.807) is 0 Å². The molecule has 0 aliphatic rings. The van der Waals surface area contributed by atoms with Crippen LogP contribution in [0.5, 0.6) is 0 Å². The Kier molecular flexibility index (Phi) is 10.3. The summed E-state index contributed by atoms with van der Waals surface area (Å²) < 4.78 is 31.2. The molecule has 4 aromatic rings. The maximum absolute atomic E-state index is 15.6. The molecule has 0 saturated heterocycles. The van der Waals surface area contributed by atoms with Crippen molar-refractivity contribution in [3.05, 3.63) is 121 Å². The van der Waals surface area contributed by atoms with Crippen LogP contribution in [0.3, 0.4) is 0 Å². The number of benzene rings is 4. The monoisotopic (exact) mass is 626 g/mol. The zero-order valence-corrected chi connectivity index (χ0v) is 25.6. The van der Waals surface area contributed by atoms with Crippen molar-refractivity contribution in [2.45, 2.75) is 19.6 Å². The molecular weight excluding hydrogens is 600 g/mol. The van der Waals surface area contributed by atoms with Gasteiger partial charge in [-0.25, -0.2) is 8.42 Å². The zero-order valence-electron chi connectivity index (χ0n) is 20.0. The molecule has 0 bridgehead atoms. The summed E-state index contributed by atoms with van der Waals surface area (Å²) in [5.74, 6) is 1.12. The van der Waals surface area contributed by atoms with E-state index < -0.39 is 24.1 Å². The second-order valence-corrected chi connectivity index (χ2v) is 27.3. The lowest BCUT2D eigenvalue weighted by molar-refractivity contribution is 0.622. The summed E-state index contributed by atoms with van der Waals surface area (Å²) in [5.41, 5.74) is 0. The summed E-state index contributed by atoms with van der Waals surface area (Å²) in [6.45, 7) is 0. The van der Waals surface area contributed by atoms with Gasteiger partial charge in [0.25, 0.3) is 0 Å². The Labute approximate surface area is 239 Å². The lowest BCUT2D eigenvalue weighted by Crippen LogP contribution is -2.23. The number of halogens is 2. The van der Waals surface area contributed by atoms with Crippen molar-refractivity contribution in [3.8, 4) is 0 Å². The van der Waals surface area contributed by atoms with E-state index in [9.17, 15) is 0 Å². The molecule has 0 aliphatic heterocycles. The standard InChI is InChI=1S/C28H28Cl2O2S5/c29-21-23-35(27-17-9-3-10-18-27,33-25-13-5-1-6-14-25)37(31,32)36(24-22-30,28-19-11-4-12-20-28)34-26-15-7-2-8-16-26/h1-20H,21-24H2. The Hall–Kier alpha value is -1.19. The van der Waals surface area contributed by atoms with E-state index in [0.29, 0.717) is 11.5 Å². The smallest absolute Gasteiger partial charge is 0.207 e. The Bertz CT molecular complexity index is 1260. The van der Waals surface area contributed by atoms with Crippen molar-refractivity contribution in [1.29, 1.82) is 0 Å². The van der Waals surface area contributed by atoms with E-state index in [4.69, 9.17) is 23.2 Å². The Balaban J connectivity index is 2.05. The second-order valence-electron chi connectivity index (χ2n) is 7.84. The highest BCUT2D eigenvalue weighted by molar-refractivity contribution is 9.48. The Morgan fingerprint density at radius 1 is 0.486 bits per heavy atom. The van der Waals surface area contributed by atoms with Crippen LogP contribution in [-0.4, -0.2) is 31.7 Å². The average molecular weight is 628 g/mol. The molecule has 0 aliphatic carbocycles. The van der Waals surface area contributed by atoms with Crippen LogP contribution in [0.2, 0.25) is 0 Å². The van der Waals surface area contributed by atoms with E-state index >= 15 is 8.42 Å². The first-order valence-corrected chi connectivity index (χ1v) is 21.4. The van der Waals surface area contributed by atoms with Gasteiger partial charge >= 0.3 is 0 Å². The van der Waals surface area contributed by atoms with Crippen molar-refractivity contribution in [3.63, 3.8) is 0 Å². The highest BCUT2D eigenvalue weighted by Crippen LogP contribution is 2.87. The van der Waals surface area contributed by atoms with Crippen molar-refractivity contribution < 1.29 is 8.42 Å². The fraction of sp³-hybridized carbons (Fsp3) is 0.143. The van der Waals surface area contributed by atoms with Crippen LogP contribution in [0.4, 0.5) is 0 Å². The zero-order chi connectivity index (χ0) is 26.2. The average Bonchev–Trinajstić information content (AvgIpc) is 2.94. The molecule has 0 radical (unpaired) electrons. The Morgan fingerprint density at radius 3 is 1.08 bits per heavy atom. The predicted octanol–water partition coefficient (Wildman–Crippen LogP) is 9.85. The molecule has 0 heterocycles. The first kappa shape index (κ1) is 28.8. The fourth-order valence-corrected chi connectivity index (χ4v) is 37.7. The molecule has 0 aromatic heterocycles. The highest BCUT2D eigenvalue weighted by Gasteiger charge is 2.53. The first-order chi connectivity index (χ1) is 18.0. The van der Waals surface area contributed by atoms with Crippen LogP contribution in [0.1, 0.15) is 0 Å². The molecule has 9 heteroatoms. The molecule has 37 heavy (non-hydrogen) atoms. The molecule has 196 valence electrons. The topological polar surface area (TPSA) is 34.1 Å². The first-order valence-electron chi connectivity index (χ1n) is 11.6. The quantitative estimate of drug-likeness (QED) is 0.116. The number of alkyl halides is 2. The lowest BCUT2D eigenvalue weighted by atomic mass is 10.4. The van der Waals surface area contributed by atoms with E-state index in [1.165, 1.54) is 21.6 Å². The van der Waals surface area contributed by atoms with Gasteiger partial charge in [-0.05, 0) is 64.7 Å². The molecule has 0 spiro atoms. The summed E-state index contributed by atoms with van der Waals surface area (Å²) >= 11 is 12.9. The third-order valence-electron chi connectivity index (χ3n) is 5.50. The maximum Gasteiger partial charge on any atom is 0.244 e. The third kappa shape index (κ3) is 6.03. The molecule has 2 unspecified atom stereocenters.